The maximum Gasteiger partial charge on any atom is 0.227 e. The molecule has 2 rings (SSSR count). The highest BCUT2D eigenvalue weighted by atomic mass is 16.1. The number of amides is 1. The summed E-state index contributed by atoms with van der Waals surface area (Å²) in [6.45, 7) is 7.58. The van der Waals surface area contributed by atoms with Crippen LogP contribution < -0.4 is 10.6 Å². The molecule has 2 aromatic rings. The number of nitrogens with zero attached hydrogens (tertiary/aromatic N) is 2. The number of aryl methyl sites for hydroxylation is 2. The maximum absolute atomic E-state index is 11.7. The molecule has 110 valence electrons. The molecule has 0 aliphatic carbocycles. The maximum atomic E-state index is 11.7. The molecule has 0 radical (unpaired) electrons. The minimum absolute atomic E-state index is 0.00481. The Morgan fingerprint density at radius 1 is 1.05 bits per heavy atom. The van der Waals surface area contributed by atoms with Crippen molar-refractivity contribution in [3.05, 3.63) is 41.7 Å². The molecule has 0 saturated heterocycles. The van der Waals surface area contributed by atoms with E-state index in [0.29, 0.717) is 5.95 Å². The third-order valence-electron chi connectivity index (χ3n) is 2.89. The SMILES string of the molecule is Cc1cc(C)nc(Nc2cccc(NC(=O)C(C)C)c2)n1. The second-order valence-electron chi connectivity index (χ2n) is 5.32. The van der Waals surface area contributed by atoms with E-state index in [1.54, 1.807) is 0 Å². The Kier molecular flexibility index (Phi) is 4.52. The summed E-state index contributed by atoms with van der Waals surface area (Å²) < 4.78 is 0. The number of anilines is 3. The van der Waals surface area contributed by atoms with Crippen LogP contribution in [0.4, 0.5) is 17.3 Å². The van der Waals surface area contributed by atoms with Crippen LogP contribution in [-0.2, 0) is 4.79 Å². The molecule has 0 saturated carbocycles. The predicted octanol–water partition coefficient (Wildman–Crippen LogP) is 3.43. The van der Waals surface area contributed by atoms with E-state index in [2.05, 4.69) is 20.6 Å². The van der Waals surface area contributed by atoms with Gasteiger partial charge in [0.05, 0.1) is 0 Å². The summed E-state index contributed by atoms with van der Waals surface area (Å²) in [6.07, 6.45) is 0. The molecule has 0 aliphatic rings. The van der Waals surface area contributed by atoms with Crippen molar-refractivity contribution in [3.8, 4) is 0 Å². The van der Waals surface area contributed by atoms with Crippen molar-refractivity contribution in [2.45, 2.75) is 27.7 Å². The first-order valence-electron chi connectivity index (χ1n) is 6.94. The number of benzene rings is 1. The second kappa shape index (κ2) is 6.35. The van der Waals surface area contributed by atoms with Crippen LogP contribution in [0.3, 0.4) is 0 Å². The predicted molar refractivity (Wildman–Crippen MR) is 84.7 cm³/mol. The minimum Gasteiger partial charge on any atom is -0.326 e. The quantitative estimate of drug-likeness (QED) is 0.902. The topological polar surface area (TPSA) is 66.9 Å². The fourth-order valence-electron chi connectivity index (χ4n) is 1.87. The monoisotopic (exact) mass is 284 g/mol. The highest BCUT2D eigenvalue weighted by molar-refractivity contribution is 5.92. The number of nitrogens with one attached hydrogen (secondary N) is 2. The Bertz CT molecular complexity index is 632. The van der Waals surface area contributed by atoms with E-state index < -0.39 is 0 Å². The number of carbonyl (C=O) groups is 1. The van der Waals surface area contributed by atoms with Gasteiger partial charge in [-0.25, -0.2) is 9.97 Å². The first-order chi connectivity index (χ1) is 9.94. The zero-order valence-corrected chi connectivity index (χ0v) is 12.8. The molecule has 1 amide bonds. The summed E-state index contributed by atoms with van der Waals surface area (Å²) in [5.74, 6) is 0.499. The molecule has 0 aliphatic heterocycles. The highest BCUT2D eigenvalue weighted by Crippen LogP contribution is 2.19. The van der Waals surface area contributed by atoms with Crippen molar-refractivity contribution in [1.29, 1.82) is 0 Å². The van der Waals surface area contributed by atoms with Crippen LogP contribution in [0.2, 0.25) is 0 Å². The molecule has 2 N–H and O–H groups in total. The molecule has 5 nitrogen and oxygen atoms in total. The summed E-state index contributed by atoms with van der Waals surface area (Å²) in [5, 5.41) is 6.03. The van der Waals surface area contributed by atoms with Gasteiger partial charge in [0.25, 0.3) is 0 Å². The van der Waals surface area contributed by atoms with Crippen LogP contribution in [0, 0.1) is 19.8 Å². The average Bonchev–Trinajstić information content (AvgIpc) is 2.37. The molecule has 21 heavy (non-hydrogen) atoms. The largest absolute Gasteiger partial charge is 0.326 e. The van der Waals surface area contributed by atoms with E-state index in [1.165, 1.54) is 0 Å². The minimum atomic E-state index is -0.0515. The lowest BCUT2D eigenvalue weighted by molar-refractivity contribution is -0.118. The van der Waals surface area contributed by atoms with Gasteiger partial charge in [-0.1, -0.05) is 19.9 Å². The fourth-order valence-corrected chi connectivity index (χ4v) is 1.87. The van der Waals surface area contributed by atoms with Crippen molar-refractivity contribution >= 4 is 23.2 Å². The molecule has 1 aromatic carbocycles. The van der Waals surface area contributed by atoms with Crippen molar-refractivity contribution in [2.75, 3.05) is 10.6 Å². The van der Waals surface area contributed by atoms with Gasteiger partial charge >= 0.3 is 0 Å². The van der Waals surface area contributed by atoms with Crippen LogP contribution in [-0.4, -0.2) is 15.9 Å². The van der Waals surface area contributed by atoms with Gasteiger partial charge in [-0.3, -0.25) is 4.79 Å². The molecule has 0 spiro atoms. The van der Waals surface area contributed by atoms with Gasteiger partial charge in [-0.05, 0) is 38.1 Å². The average molecular weight is 284 g/mol. The number of aromatic nitrogens is 2. The lowest BCUT2D eigenvalue weighted by atomic mass is 10.2. The van der Waals surface area contributed by atoms with Gasteiger partial charge in [0.2, 0.25) is 11.9 Å². The van der Waals surface area contributed by atoms with E-state index in [1.807, 2.05) is 58.0 Å². The van der Waals surface area contributed by atoms with Crippen LogP contribution in [0.5, 0.6) is 0 Å². The first-order valence-corrected chi connectivity index (χ1v) is 6.94. The van der Waals surface area contributed by atoms with Gasteiger partial charge in [-0.2, -0.15) is 0 Å². The summed E-state index contributed by atoms with van der Waals surface area (Å²) >= 11 is 0. The van der Waals surface area contributed by atoms with Gasteiger partial charge in [0.15, 0.2) is 0 Å². The molecule has 1 heterocycles. The molecule has 5 heteroatoms. The van der Waals surface area contributed by atoms with E-state index in [0.717, 1.165) is 22.8 Å². The lowest BCUT2D eigenvalue weighted by Crippen LogP contribution is -2.17. The molecule has 0 atom stereocenters. The van der Waals surface area contributed by atoms with E-state index in [4.69, 9.17) is 0 Å². The van der Waals surface area contributed by atoms with Crippen molar-refractivity contribution in [3.63, 3.8) is 0 Å². The highest BCUT2D eigenvalue weighted by Gasteiger charge is 2.07. The molecule has 0 unspecified atom stereocenters. The zero-order chi connectivity index (χ0) is 15.4. The van der Waals surface area contributed by atoms with Crippen LogP contribution in [0.25, 0.3) is 0 Å². The standard InChI is InChI=1S/C16H20N4O/c1-10(2)15(21)19-13-6-5-7-14(9-13)20-16-17-11(3)8-12(4)18-16/h5-10H,1-4H3,(H,19,21)(H,17,18,20). The summed E-state index contributed by atoms with van der Waals surface area (Å²) in [4.78, 5) is 20.4. The van der Waals surface area contributed by atoms with Crippen LogP contribution >= 0.6 is 0 Å². The van der Waals surface area contributed by atoms with Crippen LogP contribution in [0.15, 0.2) is 30.3 Å². The Hall–Kier alpha value is -2.43. The third-order valence-corrected chi connectivity index (χ3v) is 2.89. The molecule has 0 fully saturated rings. The van der Waals surface area contributed by atoms with E-state index >= 15 is 0 Å². The number of carbonyl (C=O) groups excluding carboxylic acids is 1. The Morgan fingerprint density at radius 3 is 2.29 bits per heavy atom. The Labute approximate surface area is 124 Å². The van der Waals surface area contributed by atoms with Crippen molar-refractivity contribution in [1.82, 2.24) is 9.97 Å². The summed E-state index contributed by atoms with van der Waals surface area (Å²) in [7, 11) is 0. The summed E-state index contributed by atoms with van der Waals surface area (Å²) in [5.41, 5.74) is 3.41. The number of rotatable bonds is 4. The number of hydrogen-bond acceptors (Lipinski definition) is 4. The molecule has 0 bridgehead atoms. The zero-order valence-electron chi connectivity index (χ0n) is 12.8. The summed E-state index contributed by atoms with van der Waals surface area (Å²) in [6, 6.07) is 9.42. The van der Waals surface area contributed by atoms with Gasteiger partial charge in [-0.15, -0.1) is 0 Å². The fraction of sp³-hybridized carbons (Fsp3) is 0.312. The van der Waals surface area contributed by atoms with E-state index in [9.17, 15) is 4.79 Å². The van der Waals surface area contributed by atoms with Crippen molar-refractivity contribution in [2.24, 2.45) is 5.92 Å². The smallest absolute Gasteiger partial charge is 0.227 e. The third kappa shape index (κ3) is 4.27. The van der Waals surface area contributed by atoms with Gasteiger partial charge in [0.1, 0.15) is 0 Å². The molecular weight excluding hydrogens is 264 g/mol. The second-order valence-corrected chi connectivity index (χ2v) is 5.32. The van der Waals surface area contributed by atoms with Gasteiger partial charge in [0, 0.05) is 28.7 Å². The Morgan fingerprint density at radius 2 is 1.67 bits per heavy atom. The van der Waals surface area contributed by atoms with E-state index in [-0.39, 0.29) is 11.8 Å². The molecular formula is C16H20N4O. The Balaban J connectivity index is 2.15. The first kappa shape index (κ1) is 15.0. The lowest BCUT2D eigenvalue weighted by Gasteiger charge is -2.10. The normalized spacial score (nSPS) is 10.5. The van der Waals surface area contributed by atoms with Gasteiger partial charge < -0.3 is 10.6 Å². The number of hydrogen-bond donors (Lipinski definition) is 2. The van der Waals surface area contributed by atoms with Crippen LogP contribution in [0.1, 0.15) is 25.2 Å². The van der Waals surface area contributed by atoms with Crippen molar-refractivity contribution < 1.29 is 4.79 Å². The molecule has 1 aromatic heterocycles.